The lowest BCUT2D eigenvalue weighted by molar-refractivity contribution is 0.630. The molecule has 0 atom stereocenters. The molecule has 1 fully saturated rings. The molecule has 1 N–H and O–H groups in total. The van der Waals surface area contributed by atoms with Gasteiger partial charge in [-0.25, -0.2) is 9.37 Å². The molecule has 1 aromatic heterocycles. The lowest BCUT2D eigenvalue weighted by Crippen LogP contribution is -2.16. The Morgan fingerprint density at radius 2 is 2.16 bits per heavy atom. The molecule has 0 amide bonds. The van der Waals surface area contributed by atoms with E-state index in [0.29, 0.717) is 33.6 Å². The number of aromatic amines is 1. The van der Waals surface area contributed by atoms with E-state index in [9.17, 15) is 9.18 Å². The van der Waals surface area contributed by atoms with E-state index in [4.69, 9.17) is 11.6 Å². The van der Waals surface area contributed by atoms with Gasteiger partial charge in [-0.2, -0.15) is 0 Å². The second kappa shape index (κ2) is 4.46. The van der Waals surface area contributed by atoms with E-state index in [1.165, 1.54) is 6.07 Å². The van der Waals surface area contributed by atoms with Crippen LogP contribution in [0, 0.1) is 12.7 Å². The summed E-state index contributed by atoms with van der Waals surface area (Å²) in [6.07, 6.45) is 2.04. The van der Waals surface area contributed by atoms with Crippen LogP contribution in [0.2, 0.25) is 5.02 Å². The van der Waals surface area contributed by atoms with Crippen molar-refractivity contribution in [1.29, 1.82) is 0 Å². The Labute approximate surface area is 114 Å². The molecule has 2 aromatic rings. The molecular formula is C14H12ClFN2O. The molecule has 3 rings (SSSR count). The molecule has 3 nitrogen and oxygen atoms in total. The van der Waals surface area contributed by atoms with Gasteiger partial charge in [0, 0.05) is 22.1 Å². The van der Waals surface area contributed by atoms with Crippen molar-refractivity contribution in [2.75, 3.05) is 0 Å². The molecule has 0 aliphatic heterocycles. The van der Waals surface area contributed by atoms with Gasteiger partial charge < -0.3 is 4.98 Å². The van der Waals surface area contributed by atoms with E-state index >= 15 is 0 Å². The SMILES string of the molecule is Cc1c(-c2ccc(Cl)cc2F)nc(C2CC2)[nH]c1=O. The molecule has 1 aromatic carbocycles. The Hall–Kier alpha value is -1.68. The predicted octanol–water partition coefficient (Wildman–Crippen LogP) is 3.42. The van der Waals surface area contributed by atoms with Gasteiger partial charge in [-0.1, -0.05) is 11.6 Å². The first-order valence-electron chi connectivity index (χ1n) is 6.12. The first-order chi connectivity index (χ1) is 9.06. The quantitative estimate of drug-likeness (QED) is 0.915. The van der Waals surface area contributed by atoms with Crippen LogP contribution in [0.4, 0.5) is 4.39 Å². The second-order valence-corrected chi connectivity index (χ2v) is 5.26. The van der Waals surface area contributed by atoms with E-state index in [2.05, 4.69) is 9.97 Å². The minimum atomic E-state index is -0.463. The van der Waals surface area contributed by atoms with Crippen LogP contribution in [0.3, 0.4) is 0 Å². The number of halogens is 2. The van der Waals surface area contributed by atoms with Crippen LogP contribution in [-0.4, -0.2) is 9.97 Å². The zero-order valence-electron chi connectivity index (χ0n) is 10.3. The van der Waals surface area contributed by atoms with Gasteiger partial charge in [0.2, 0.25) is 0 Å². The maximum absolute atomic E-state index is 14.0. The van der Waals surface area contributed by atoms with Gasteiger partial charge in [0.1, 0.15) is 11.6 Å². The zero-order valence-corrected chi connectivity index (χ0v) is 11.1. The third kappa shape index (κ3) is 2.28. The fraction of sp³-hybridized carbons (Fsp3) is 0.286. The fourth-order valence-electron chi connectivity index (χ4n) is 2.04. The smallest absolute Gasteiger partial charge is 0.254 e. The van der Waals surface area contributed by atoms with Crippen molar-refractivity contribution in [2.24, 2.45) is 0 Å². The highest BCUT2D eigenvalue weighted by atomic mass is 35.5. The number of nitrogens with zero attached hydrogens (tertiary/aromatic N) is 1. The molecule has 0 spiro atoms. The largest absolute Gasteiger partial charge is 0.310 e. The van der Waals surface area contributed by atoms with E-state index in [1.54, 1.807) is 19.1 Å². The summed E-state index contributed by atoms with van der Waals surface area (Å²) in [6.45, 7) is 1.64. The summed E-state index contributed by atoms with van der Waals surface area (Å²) in [7, 11) is 0. The Kier molecular flexibility index (Phi) is 2.90. The van der Waals surface area contributed by atoms with E-state index in [-0.39, 0.29) is 5.56 Å². The van der Waals surface area contributed by atoms with Crippen LogP contribution >= 0.6 is 11.6 Å². The highest BCUT2D eigenvalue weighted by Crippen LogP contribution is 2.38. The molecule has 1 saturated carbocycles. The van der Waals surface area contributed by atoms with Crippen molar-refractivity contribution in [1.82, 2.24) is 9.97 Å². The monoisotopic (exact) mass is 278 g/mol. The summed E-state index contributed by atoms with van der Waals surface area (Å²) >= 11 is 5.74. The predicted molar refractivity (Wildman–Crippen MR) is 72.0 cm³/mol. The molecule has 1 heterocycles. The molecule has 1 aliphatic carbocycles. The summed E-state index contributed by atoms with van der Waals surface area (Å²) in [5.41, 5.74) is 0.932. The molecule has 0 saturated heterocycles. The highest BCUT2D eigenvalue weighted by molar-refractivity contribution is 6.30. The van der Waals surface area contributed by atoms with Gasteiger partial charge in [0.25, 0.3) is 5.56 Å². The molecular weight excluding hydrogens is 267 g/mol. The average molecular weight is 279 g/mol. The lowest BCUT2D eigenvalue weighted by Gasteiger charge is -2.08. The van der Waals surface area contributed by atoms with Crippen LogP contribution in [0.1, 0.15) is 30.1 Å². The zero-order chi connectivity index (χ0) is 13.6. The third-order valence-corrected chi connectivity index (χ3v) is 3.56. The van der Waals surface area contributed by atoms with Gasteiger partial charge >= 0.3 is 0 Å². The van der Waals surface area contributed by atoms with Gasteiger partial charge in [0.05, 0.1) is 5.69 Å². The molecule has 0 bridgehead atoms. The average Bonchev–Trinajstić information content (AvgIpc) is 3.17. The minimum Gasteiger partial charge on any atom is -0.310 e. The van der Waals surface area contributed by atoms with Crippen molar-refractivity contribution < 1.29 is 4.39 Å². The lowest BCUT2D eigenvalue weighted by atomic mass is 10.1. The van der Waals surface area contributed by atoms with Crippen molar-refractivity contribution in [2.45, 2.75) is 25.7 Å². The van der Waals surface area contributed by atoms with Gasteiger partial charge in [-0.15, -0.1) is 0 Å². The van der Waals surface area contributed by atoms with Crippen molar-refractivity contribution in [3.05, 3.63) is 50.8 Å². The van der Waals surface area contributed by atoms with Gasteiger partial charge in [-0.05, 0) is 38.0 Å². The first-order valence-corrected chi connectivity index (χ1v) is 6.50. The Morgan fingerprint density at radius 3 is 2.79 bits per heavy atom. The summed E-state index contributed by atoms with van der Waals surface area (Å²) in [4.78, 5) is 19.1. The Balaban J connectivity index is 2.20. The summed E-state index contributed by atoms with van der Waals surface area (Å²) in [5, 5.41) is 0.325. The number of rotatable bonds is 2. The van der Waals surface area contributed by atoms with Gasteiger partial charge in [0.15, 0.2) is 0 Å². The van der Waals surface area contributed by atoms with E-state index < -0.39 is 5.82 Å². The number of hydrogen-bond acceptors (Lipinski definition) is 2. The number of H-pyrrole nitrogens is 1. The molecule has 0 unspecified atom stereocenters. The standard InChI is InChI=1S/C14H12ClFN2O/c1-7-12(10-5-4-9(15)6-11(10)16)17-13(8-2-3-8)18-14(7)19/h4-6,8H,2-3H2,1H3,(H,17,18,19). The van der Waals surface area contributed by atoms with Crippen molar-refractivity contribution in [3.63, 3.8) is 0 Å². The third-order valence-electron chi connectivity index (χ3n) is 3.32. The van der Waals surface area contributed by atoms with Crippen LogP contribution in [0.25, 0.3) is 11.3 Å². The van der Waals surface area contributed by atoms with Crippen LogP contribution in [0.15, 0.2) is 23.0 Å². The number of benzene rings is 1. The van der Waals surface area contributed by atoms with Crippen molar-refractivity contribution in [3.8, 4) is 11.3 Å². The minimum absolute atomic E-state index is 0.207. The maximum atomic E-state index is 14.0. The summed E-state index contributed by atoms with van der Waals surface area (Å²) in [5.74, 6) is 0.498. The summed E-state index contributed by atoms with van der Waals surface area (Å²) < 4.78 is 14.0. The molecule has 0 radical (unpaired) electrons. The molecule has 98 valence electrons. The van der Waals surface area contributed by atoms with Crippen LogP contribution in [0.5, 0.6) is 0 Å². The van der Waals surface area contributed by atoms with Crippen LogP contribution in [-0.2, 0) is 0 Å². The van der Waals surface area contributed by atoms with Crippen LogP contribution < -0.4 is 5.56 Å². The topological polar surface area (TPSA) is 45.8 Å². The van der Waals surface area contributed by atoms with E-state index in [1.807, 2.05) is 0 Å². The Morgan fingerprint density at radius 1 is 1.42 bits per heavy atom. The molecule has 1 aliphatic rings. The number of aromatic nitrogens is 2. The number of hydrogen-bond donors (Lipinski definition) is 1. The second-order valence-electron chi connectivity index (χ2n) is 4.82. The fourth-order valence-corrected chi connectivity index (χ4v) is 2.20. The Bertz CT molecular complexity index is 707. The molecule has 19 heavy (non-hydrogen) atoms. The highest BCUT2D eigenvalue weighted by Gasteiger charge is 2.27. The number of nitrogens with one attached hydrogen (secondary N) is 1. The summed E-state index contributed by atoms with van der Waals surface area (Å²) in [6, 6.07) is 4.39. The first kappa shape index (κ1) is 12.4. The maximum Gasteiger partial charge on any atom is 0.254 e. The molecule has 5 heteroatoms. The normalized spacial score (nSPS) is 14.7. The van der Waals surface area contributed by atoms with Crippen molar-refractivity contribution >= 4 is 11.6 Å². The van der Waals surface area contributed by atoms with E-state index in [0.717, 1.165) is 12.8 Å². The van der Waals surface area contributed by atoms with Gasteiger partial charge in [-0.3, -0.25) is 4.79 Å².